The SMILES string of the molecule is CC(/C=C/[C@H]1[C@@H](C)CCCC1(C)C)=C\C=C\C(C)=C\C(=O)O. The Balaban J connectivity index is 2.70. The minimum absolute atomic E-state index is 0.380. The Bertz CT molecular complexity index is 504. The molecule has 0 bridgehead atoms. The number of carbonyl (C=O) groups is 1. The van der Waals surface area contributed by atoms with E-state index in [9.17, 15) is 4.79 Å². The highest BCUT2D eigenvalue weighted by molar-refractivity contribution is 5.81. The van der Waals surface area contributed by atoms with Crippen LogP contribution in [0.1, 0.15) is 53.9 Å². The van der Waals surface area contributed by atoms with Gasteiger partial charge in [-0.25, -0.2) is 4.79 Å². The van der Waals surface area contributed by atoms with Crippen molar-refractivity contribution < 1.29 is 9.90 Å². The highest BCUT2D eigenvalue weighted by atomic mass is 16.4. The Morgan fingerprint density at radius 1 is 1.18 bits per heavy atom. The Morgan fingerprint density at radius 3 is 2.45 bits per heavy atom. The van der Waals surface area contributed by atoms with Crippen molar-refractivity contribution in [1.29, 1.82) is 0 Å². The average Bonchev–Trinajstić information content (AvgIpc) is 2.36. The van der Waals surface area contributed by atoms with Crippen molar-refractivity contribution in [1.82, 2.24) is 0 Å². The van der Waals surface area contributed by atoms with Crippen LogP contribution in [0.5, 0.6) is 0 Å². The van der Waals surface area contributed by atoms with Gasteiger partial charge in [-0.15, -0.1) is 0 Å². The second kappa shape index (κ2) is 8.17. The van der Waals surface area contributed by atoms with Crippen molar-refractivity contribution >= 4 is 5.97 Å². The van der Waals surface area contributed by atoms with Crippen LogP contribution >= 0.6 is 0 Å². The van der Waals surface area contributed by atoms with Crippen LogP contribution in [0.3, 0.4) is 0 Å². The third-order valence-electron chi connectivity index (χ3n) is 4.63. The molecule has 1 fully saturated rings. The van der Waals surface area contributed by atoms with Crippen molar-refractivity contribution in [3.63, 3.8) is 0 Å². The maximum Gasteiger partial charge on any atom is 0.328 e. The van der Waals surface area contributed by atoms with Gasteiger partial charge < -0.3 is 5.11 Å². The predicted molar refractivity (Wildman–Crippen MR) is 93.7 cm³/mol. The van der Waals surface area contributed by atoms with E-state index in [1.807, 2.05) is 18.2 Å². The quantitative estimate of drug-likeness (QED) is 0.535. The summed E-state index contributed by atoms with van der Waals surface area (Å²) in [4.78, 5) is 10.5. The lowest BCUT2D eigenvalue weighted by molar-refractivity contribution is -0.131. The van der Waals surface area contributed by atoms with Crippen LogP contribution in [0, 0.1) is 17.3 Å². The molecule has 22 heavy (non-hydrogen) atoms. The fourth-order valence-electron chi connectivity index (χ4n) is 3.35. The average molecular weight is 302 g/mol. The molecule has 1 aliphatic rings. The smallest absolute Gasteiger partial charge is 0.328 e. The first-order chi connectivity index (χ1) is 10.2. The van der Waals surface area contributed by atoms with E-state index in [2.05, 4.69) is 39.8 Å². The molecule has 0 amide bonds. The second-order valence-corrected chi connectivity index (χ2v) is 7.24. The van der Waals surface area contributed by atoms with Crippen molar-refractivity contribution in [2.45, 2.75) is 53.9 Å². The number of allylic oxidation sites excluding steroid dienone is 7. The molecule has 1 N–H and O–H groups in total. The summed E-state index contributed by atoms with van der Waals surface area (Å²) in [6.07, 6.45) is 15.5. The first-order valence-corrected chi connectivity index (χ1v) is 8.17. The summed E-state index contributed by atoms with van der Waals surface area (Å²) in [5.41, 5.74) is 2.31. The summed E-state index contributed by atoms with van der Waals surface area (Å²) in [5.74, 6) is 0.461. The van der Waals surface area contributed by atoms with Gasteiger partial charge in [0, 0.05) is 6.08 Å². The molecule has 0 aromatic carbocycles. The largest absolute Gasteiger partial charge is 0.478 e. The lowest BCUT2D eigenvalue weighted by Gasteiger charge is -2.41. The molecular weight excluding hydrogens is 272 g/mol. The van der Waals surface area contributed by atoms with Gasteiger partial charge in [0.15, 0.2) is 0 Å². The van der Waals surface area contributed by atoms with E-state index in [1.54, 1.807) is 6.92 Å². The lowest BCUT2D eigenvalue weighted by Crippen LogP contribution is -2.32. The van der Waals surface area contributed by atoms with E-state index in [-0.39, 0.29) is 0 Å². The normalized spacial score (nSPS) is 26.8. The highest BCUT2D eigenvalue weighted by Crippen LogP contribution is 2.44. The fourth-order valence-corrected chi connectivity index (χ4v) is 3.35. The van der Waals surface area contributed by atoms with E-state index in [1.165, 1.54) is 30.9 Å². The molecule has 122 valence electrons. The van der Waals surface area contributed by atoms with Gasteiger partial charge in [-0.1, -0.05) is 69.6 Å². The summed E-state index contributed by atoms with van der Waals surface area (Å²) in [6.45, 7) is 11.0. The van der Waals surface area contributed by atoms with Gasteiger partial charge in [0.1, 0.15) is 0 Å². The Labute approximate surface area is 135 Å². The zero-order chi connectivity index (χ0) is 16.8. The van der Waals surface area contributed by atoms with Crippen molar-refractivity contribution in [2.75, 3.05) is 0 Å². The molecule has 0 unspecified atom stereocenters. The van der Waals surface area contributed by atoms with Gasteiger partial charge in [-0.3, -0.25) is 0 Å². The lowest BCUT2D eigenvalue weighted by atomic mass is 9.64. The number of carboxylic acid groups (broad SMARTS) is 1. The molecule has 0 radical (unpaired) electrons. The third-order valence-corrected chi connectivity index (χ3v) is 4.63. The van der Waals surface area contributed by atoms with Crippen LogP contribution in [-0.2, 0) is 4.79 Å². The minimum atomic E-state index is -0.906. The van der Waals surface area contributed by atoms with Crippen molar-refractivity contribution in [3.05, 3.63) is 47.6 Å². The van der Waals surface area contributed by atoms with Crippen molar-refractivity contribution in [2.24, 2.45) is 17.3 Å². The maximum absolute atomic E-state index is 10.5. The van der Waals surface area contributed by atoms with E-state index < -0.39 is 5.97 Å². The minimum Gasteiger partial charge on any atom is -0.478 e. The molecule has 1 saturated carbocycles. The van der Waals surface area contributed by atoms with Gasteiger partial charge in [-0.2, -0.15) is 0 Å². The Morgan fingerprint density at radius 2 is 1.86 bits per heavy atom. The molecule has 2 atom stereocenters. The van der Waals surface area contributed by atoms with Crippen LogP contribution in [-0.4, -0.2) is 11.1 Å². The van der Waals surface area contributed by atoms with E-state index >= 15 is 0 Å². The molecule has 0 saturated heterocycles. The third kappa shape index (κ3) is 6.05. The maximum atomic E-state index is 10.5. The van der Waals surface area contributed by atoms with Gasteiger partial charge in [-0.05, 0) is 43.1 Å². The number of rotatable bonds is 5. The summed E-state index contributed by atoms with van der Waals surface area (Å²) in [6, 6.07) is 0. The zero-order valence-electron chi connectivity index (χ0n) is 14.6. The number of aliphatic carboxylic acids is 1. The standard InChI is InChI=1S/C20H30O2/c1-15(8-6-9-16(2)14-19(21)22)11-12-18-17(3)10-7-13-20(18,4)5/h6,8-9,11-12,14,17-18H,7,10,13H2,1-5H3,(H,21,22)/b9-6+,12-11+,15-8+,16-14+/t17-,18-/m0/s1. The number of hydrogen-bond acceptors (Lipinski definition) is 1. The van der Waals surface area contributed by atoms with Gasteiger partial charge in [0.05, 0.1) is 0 Å². The number of hydrogen-bond donors (Lipinski definition) is 1. The van der Waals surface area contributed by atoms with Crippen LogP contribution in [0.25, 0.3) is 0 Å². The topological polar surface area (TPSA) is 37.3 Å². The Kier molecular flexibility index (Phi) is 6.86. The molecule has 0 heterocycles. The summed E-state index contributed by atoms with van der Waals surface area (Å²) >= 11 is 0. The fraction of sp³-hybridized carbons (Fsp3) is 0.550. The number of carboxylic acids is 1. The summed E-state index contributed by atoms with van der Waals surface area (Å²) in [5, 5.41) is 8.66. The van der Waals surface area contributed by atoms with Crippen molar-refractivity contribution in [3.8, 4) is 0 Å². The van der Waals surface area contributed by atoms with E-state index in [0.717, 1.165) is 11.5 Å². The molecular formula is C20H30O2. The Hall–Kier alpha value is -1.57. The summed E-state index contributed by atoms with van der Waals surface area (Å²) in [7, 11) is 0. The van der Waals surface area contributed by atoms with Crippen LogP contribution < -0.4 is 0 Å². The van der Waals surface area contributed by atoms with Gasteiger partial charge in [0.2, 0.25) is 0 Å². The molecule has 0 aromatic heterocycles. The molecule has 2 heteroatoms. The first kappa shape index (κ1) is 18.5. The molecule has 1 rings (SSSR count). The molecule has 2 nitrogen and oxygen atoms in total. The first-order valence-electron chi connectivity index (χ1n) is 8.17. The second-order valence-electron chi connectivity index (χ2n) is 7.24. The highest BCUT2D eigenvalue weighted by Gasteiger charge is 2.34. The van der Waals surface area contributed by atoms with E-state index in [0.29, 0.717) is 11.3 Å². The molecule has 0 aromatic rings. The van der Waals surface area contributed by atoms with Crippen LogP contribution in [0.15, 0.2) is 47.6 Å². The predicted octanol–water partition coefficient (Wildman–Crippen LogP) is 5.54. The molecule has 0 spiro atoms. The molecule has 0 aliphatic heterocycles. The molecule has 1 aliphatic carbocycles. The monoisotopic (exact) mass is 302 g/mol. The van der Waals surface area contributed by atoms with E-state index in [4.69, 9.17) is 5.11 Å². The summed E-state index contributed by atoms with van der Waals surface area (Å²) < 4.78 is 0. The van der Waals surface area contributed by atoms with Gasteiger partial charge >= 0.3 is 5.97 Å². The van der Waals surface area contributed by atoms with Crippen LogP contribution in [0.2, 0.25) is 0 Å². The zero-order valence-corrected chi connectivity index (χ0v) is 14.6. The van der Waals surface area contributed by atoms with Crippen LogP contribution in [0.4, 0.5) is 0 Å². The van der Waals surface area contributed by atoms with Gasteiger partial charge in [0.25, 0.3) is 0 Å².